The third kappa shape index (κ3) is 5.63. The molecule has 16 heteroatoms. The first-order valence-corrected chi connectivity index (χ1v) is 13.4. The summed E-state index contributed by atoms with van der Waals surface area (Å²) in [4.78, 5) is 13.8. The Kier molecular flexibility index (Phi) is 8.90. The van der Waals surface area contributed by atoms with Crippen molar-refractivity contribution in [1.82, 2.24) is 0 Å². The van der Waals surface area contributed by atoms with Crippen LogP contribution in [0.4, 0.5) is 0 Å². The van der Waals surface area contributed by atoms with Crippen LogP contribution in [0.25, 0.3) is 22.3 Å². The summed E-state index contributed by atoms with van der Waals surface area (Å²) < 4.78 is 33.8. The number of aliphatic hydroxyl groups excluding tert-OH is 6. The molecule has 3 heterocycles. The summed E-state index contributed by atoms with van der Waals surface area (Å²) in [5, 5.41) is 92.3. The zero-order chi connectivity index (χ0) is 32.0. The number of methoxy groups -OCH3 is 1. The predicted molar refractivity (Wildman–Crippen MR) is 145 cm³/mol. The molecule has 2 aliphatic rings. The average molecular weight is 625 g/mol. The molecule has 1 aromatic heterocycles. The van der Waals surface area contributed by atoms with Gasteiger partial charge in [-0.05, 0) is 25.1 Å². The second-order valence-corrected chi connectivity index (χ2v) is 10.4. The number of fused-ring (bicyclic) bond motifs is 1. The van der Waals surface area contributed by atoms with E-state index in [-0.39, 0.29) is 28.4 Å². The van der Waals surface area contributed by atoms with E-state index in [1.165, 1.54) is 32.2 Å². The first-order chi connectivity index (χ1) is 20.9. The topological polar surface area (TPSA) is 258 Å². The second-order valence-electron chi connectivity index (χ2n) is 10.4. The van der Waals surface area contributed by atoms with Crippen molar-refractivity contribution in [2.24, 2.45) is 0 Å². The van der Waals surface area contributed by atoms with Gasteiger partial charge in [0.25, 0.3) is 0 Å². The van der Waals surface area contributed by atoms with E-state index in [0.717, 1.165) is 12.1 Å². The monoisotopic (exact) mass is 624 g/mol. The molecular weight excluding hydrogens is 592 g/mol. The molecule has 5 rings (SSSR count). The Labute approximate surface area is 248 Å². The summed E-state index contributed by atoms with van der Waals surface area (Å²) in [5.41, 5.74) is -1.15. The van der Waals surface area contributed by atoms with Crippen molar-refractivity contribution in [3.05, 3.63) is 40.6 Å². The molecule has 240 valence electrons. The van der Waals surface area contributed by atoms with Crippen LogP contribution in [0.2, 0.25) is 0 Å². The van der Waals surface area contributed by atoms with Crippen LogP contribution in [0.15, 0.2) is 39.5 Å². The molecule has 3 aromatic rings. The number of hydrogen-bond donors (Lipinski definition) is 9. The number of rotatable bonds is 7. The van der Waals surface area contributed by atoms with Crippen molar-refractivity contribution in [2.75, 3.05) is 13.7 Å². The second kappa shape index (κ2) is 12.4. The van der Waals surface area contributed by atoms with E-state index in [2.05, 4.69) is 0 Å². The van der Waals surface area contributed by atoms with Gasteiger partial charge in [-0.1, -0.05) is 0 Å². The van der Waals surface area contributed by atoms with Gasteiger partial charge in [-0.15, -0.1) is 0 Å². The van der Waals surface area contributed by atoms with Gasteiger partial charge < -0.3 is 74.1 Å². The van der Waals surface area contributed by atoms with E-state index in [4.69, 9.17) is 28.1 Å². The van der Waals surface area contributed by atoms with Crippen molar-refractivity contribution in [3.8, 4) is 40.1 Å². The smallest absolute Gasteiger partial charge is 0.239 e. The van der Waals surface area contributed by atoms with E-state index in [1.54, 1.807) is 0 Å². The first-order valence-electron chi connectivity index (χ1n) is 13.4. The number of aliphatic hydroxyl groups is 6. The maximum absolute atomic E-state index is 13.8. The van der Waals surface area contributed by atoms with E-state index in [1.807, 2.05) is 0 Å². The minimum absolute atomic E-state index is 0.0257. The fraction of sp³-hybridized carbons (Fsp3) is 0.464. The molecule has 0 radical (unpaired) electrons. The van der Waals surface area contributed by atoms with Gasteiger partial charge in [-0.2, -0.15) is 0 Å². The molecular formula is C28H32O16. The lowest BCUT2D eigenvalue weighted by Crippen LogP contribution is -2.64. The quantitative estimate of drug-likeness (QED) is 0.147. The average Bonchev–Trinajstić information content (AvgIpc) is 2.99. The van der Waals surface area contributed by atoms with Crippen molar-refractivity contribution in [2.45, 2.75) is 68.3 Å². The minimum Gasteiger partial charge on any atom is -0.508 e. The number of aromatic hydroxyl groups is 3. The maximum atomic E-state index is 13.8. The molecule has 9 N–H and O–H groups in total. The Morgan fingerprint density at radius 1 is 0.841 bits per heavy atom. The Morgan fingerprint density at radius 2 is 1.57 bits per heavy atom. The molecule has 2 saturated heterocycles. The molecule has 0 saturated carbocycles. The normalized spacial score (nSPS) is 32.5. The number of phenols is 3. The van der Waals surface area contributed by atoms with Gasteiger partial charge in [0, 0.05) is 17.7 Å². The molecule has 0 bridgehead atoms. The predicted octanol–water partition coefficient (Wildman–Crippen LogP) is -1.38. The molecule has 2 fully saturated rings. The van der Waals surface area contributed by atoms with Gasteiger partial charge in [0.15, 0.2) is 29.7 Å². The van der Waals surface area contributed by atoms with Crippen LogP contribution in [0, 0.1) is 0 Å². The Morgan fingerprint density at radius 3 is 2.25 bits per heavy atom. The lowest BCUT2D eigenvalue weighted by Gasteiger charge is -2.45. The number of phenolic OH excluding ortho intramolecular Hbond substituents is 3. The fourth-order valence-electron chi connectivity index (χ4n) is 5.08. The lowest BCUT2D eigenvalue weighted by molar-refractivity contribution is -0.354. The van der Waals surface area contributed by atoms with Crippen LogP contribution in [0.5, 0.6) is 28.7 Å². The van der Waals surface area contributed by atoms with Crippen LogP contribution in [0.3, 0.4) is 0 Å². The largest absolute Gasteiger partial charge is 0.508 e. The molecule has 5 unspecified atom stereocenters. The molecule has 2 aliphatic heterocycles. The van der Waals surface area contributed by atoms with Gasteiger partial charge >= 0.3 is 0 Å². The van der Waals surface area contributed by atoms with Crippen LogP contribution < -0.4 is 14.9 Å². The van der Waals surface area contributed by atoms with E-state index >= 15 is 0 Å². The molecule has 0 amide bonds. The lowest BCUT2D eigenvalue weighted by atomic mass is 9.97. The third-order valence-electron chi connectivity index (χ3n) is 7.52. The Hall–Kier alpha value is -3.71. The van der Waals surface area contributed by atoms with Crippen LogP contribution in [-0.2, 0) is 14.2 Å². The fourth-order valence-corrected chi connectivity index (χ4v) is 5.08. The molecule has 0 aliphatic carbocycles. The highest BCUT2D eigenvalue weighted by Gasteiger charge is 2.51. The van der Waals surface area contributed by atoms with Crippen molar-refractivity contribution in [1.29, 1.82) is 0 Å². The molecule has 10 atom stereocenters. The highest BCUT2D eigenvalue weighted by atomic mass is 16.8. The summed E-state index contributed by atoms with van der Waals surface area (Å²) in [6.07, 6.45) is -16.5. The van der Waals surface area contributed by atoms with Gasteiger partial charge in [-0.3, -0.25) is 4.79 Å². The maximum Gasteiger partial charge on any atom is 0.239 e. The van der Waals surface area contributed by atoms with Crippen molar-refractivity contribution >= 4 is 11.0 Å². The highest BCUT2D eigenvalue weighted by molar-refractivity contribution is 5.88. The molecule has 0 spiro atoms. The van der Waals surface area contributed by atoms with E-state index in [9.17, 15) is 50.8 Å². The van der Waals surface area contributed by atoms with Gasteiger partial charge in [0.1, 0.15) is 59.1 Å². The third-order valence-corrected chi connectivity index (χ3v) is 7.52. The zero-order valence-electron chi connectivity index (χ0n) is 23.3. The Balaban J connectivity index is 1.63. The van der Waals surface area contributed by atoms with E-state index < -0.39 is 96.1 Å². The minimum atomic E-state index is -1.89. The number of ether oxygens (including phenoxy) is 5. The summed E-state index contributed by atoms with van der Waals surface area (Å²) in [6.45, 7) is 0.570. The van der Waals surface area contributed by atoms with Crippen LogP contribution in [-0.4, -0.2) is 121 Å². The summed E-state index contributed by atoms with van der Waals surface area (Å²) in [7, 11) is 1.28. The number of benzene rings is 2. The Bertz CT molecular complexity index is 1560. The van der Waals surface area contributed by atoms with E-state index in [0.29, 0.717) is 0 Å². The van der Waals surface area contributed by atoms with Gasteiger partial charge in [0.05, 0.1) is 19.8 Å². The summed E-state index contributed by atoms with van der Waals surface area (Å²) >= 11 is 0. The highest BCUT2D eigenvalue weighted by Crippen LogP contribution is 2.40. The van der Waals surface area contributed by atoms with Gasteiger partial charge in [-0.25, -0.2) is 0 Å². The number of hydrogen-bond acceptors (Lipinski definition) is 16. The summed E-state index contributed by atoms with van der Waals surface area (Å²) in [5.74, 6) is -2.34. The zero-order valence-corrected chi connectivity index (χ0v) is 23.3. The first kappa shape index (κ1) is 31.7. The van der Waals surface area contributed by atoms with Crippen molar-refractivity contribution < 1.29 is 74.1 Å². The van der Waals surface area contributed by atoms with Crippen LogP contribution in [0.1, 0.15) is 6.92 Å². The SMILES string of the molecule is COc1cc(-c2oc3cc(O)cc(O)c3c(=O)c2O[C@@H]2OC(CO)[C@H](O)C(O)C2O[C@@H]2OC(C)[C@H](O)C(O)[C@@H]2O)ccc1O. The van der Waals surface area contributed by atoms with Gasteiger partial charge in [0.2, 0.25) is 17.5 Å². The molecule has 16 nitrogen and oxygen atoms in total. The van der Waals surface area contributed by atoms with Crippen molar-refractivity contribution in [3.63, 3.8) is 0 Å². The standard InChI is InChI=1S/C28H32O16/c1-9-18(33)21(36)23(38)27(40-9)44-26-22(37)19(34)16(8-29)42-28(26)43-25-20(35)17-13(32)6-11(30)7-15(17)41-24(25)10-3-4-12(31)14(5-10)39-2/h3-7,9,16,18-19,21-23,26-34,36-38H,8H2,1-2H3/t9?,16?,18-,19-,21?,22?,23-,26?,27-,28-/m0/s1. The molecule has 2 aromatic carbocycles. The van der Waals surface area contributed by atoms with Crippen LogP contribution >= 0.6 is 0 Å². The summed E-state index contributed by atoms with van der Waals surface area (Å²) in [6, 6.07) is 5.81. The molecule has 44 heavy (non-hydrogen) atoms.